The fourth-order valence-electron chi connectivity index (χ4n) is 2.12. The number of hydrogen-bond donors (Lipinski definition) is 1. The third-order valence-corrected chi connectivity index (χ3v) is 3.28. The first-order valence-corrected chi connectivity index (χ1v) is 7.10. The molecule has 0 aromatic heterocycles. The van der Waals surface area contributed by atoms with E-state index >= 15 is 0 Å². The van der Waals surface area contributed by atoms with E-state index in [0.717, 1.165) is 36.9 Å². The molecule has 1 N–H and O–H groups in total. The van der Waals surface area contributed by atoms with Gasteiger partial charge in [-0.25, -0.2) is 0 Å². The number of amides is 1. The lowest BCUT2D eigenvalue weighted by Gasteiger charge is -2.15. The highest BCUT2D eigenvalue weighted by Gasteiger charge is 2.15. The average Bonchev–Trinajstić information content (AvgIpc) is 2.40. The Kier molecular flexibility index (Phi) is 7.19. The number of hydrogen-bond acceptors (Lipinski definition) is 2. The maximum absolute atomic E-state index is 12.2. The Bertz CT molecular complexity index is 390. The SMILES string of the molecule is CCCCC(CC)C(=O)Nc1cccc(COC)c1. The van der Waals surface area contributed by atoms with Crippen LogP contribution in [0.2, 0.25) is 0 Å². The van der Waals surface area contributed by atoms with Crippen molar-refractivity contribution in [1.82, 2.24) is 0 Å². The van der Waals surface area contributed by atoms with Gasteiger partial charge in [-0.2, -0.15) is 0 Å². The van der Waals surface area contributed by atoms with Crippen molar-refractivity contribution in [3.05, 3.63) is 29.8 Å². The molecule has 0 heterocycles. The minimum atomic E-state index is 0.117. The molecular formula is C16H25NO2. The van der Waals surface area contributed by atoms with Crippen molar-refractivity contribution in [3.63, 3.8) is 0 Å². The molecular weight excluding hydrogens is 238 g/mol. The zero-order valence-electron chi connectivity index (χ0n) is 12.2. The van der Waals surface area contributed by atoms with E-state index in [-0.39, 0.29) is 11.8 Å². The first-order chi connectivity index (χ1) is 9.21. The molecule has 0 saturated carbocycles. The predicted molar refractivity (Wildman–Crippen MR) is 79.1 cm³/mol. The van der Waals surface area contributed by atoms with Gasteiger partial charge in [-0.1, -0.05) is 38.8 Å². The summed E-state index contributed by atoms with van der Waals surface area (Å²) in [7, 11) is 1.67. The van der Waals surface area contributed by atoms with Crippen molar-refractivity contribution < 1.29 is 9.53 Å². The minimum Gasteiger partial charge on any atom is -0.380 e. The van der Waals surface area contributed by atoms with E-state index < -0.39 is 0 Å². The Morgan fingerprint density at radius 3 is 2.79 bits per heavy atom. The van der Waals surface area contributed by atoms with E-state index in [4.69, 9.17) is 4.74 Å². The van der Waals surface area contributed by atoms with Crippen LogP contribution in [0.15, 0.2) is 24.3 Å². The van der Waals surface area contributed by atoms with Gasteiger partial charge >= 0.3 is 0 Å². The molecule has 1 aromatic carbocycles. The summed E-state index contributed by atoms with van der Waals surface area (Å²) in [6, 6.07) is 7.82. The van der Waals surface area contributed by atoms with Gasteiger partial charge in [0.1, 0.15) is 0 Å². The molecule has 0 spiro atoms. The van der Waals surface area contributed by atoms with Crippen LogP contribution in [0.1, 0.15) is 45.1 Å². The van der Waals surface area contributed by atoms with Gasteiger partial charge in [0.05, 0.1) is 6.61 Å². The van der Waals surface area contributed by atoms with Gasteiger partial charge in [-0.15, -0.1) is 0 Å². The highest BCUT2D eigenvalue weighted by molar-refractivity contribution is 5.92. The third kappa shape index (κ3) is 5.43. The van der Waals surface area contributed by atoms with E-state index in [2.05, 4.69) is 19.2 Å². The number of unbranched alkanes of at least 4 members (excludes halogenated alkanes) is 1. The van der Waals surface area contributed by atoms with E-state index in [1.165, 1.54) is 0 Å². The van der Waals surface area contributed by atoms with E-state index in [9.17, 15) is 4.79 Å². The highest BCUT2D eigenvalue weighted by Crippen LogP contribution is 2.17. The van der Waals surface area contributed by atoms with Crippen LogP contribution in [0.5, 0.6) is 0 Å². The molecule has 0 saturated heterocycles. The minimum absolute atomic E-state index is 0.117. The van der Waals surface area contributed by atoms with E-state index in [1.54, 1.807) is 7.11 Å². The number of benzene rings is 1. The van der Waals surface area contributed by atoms with Gasteiger partial charge in [0.2, 0.25) is 5.91 Å². The number of methoxy groups -OCH3 is 1. The molecule has 1 rings (SSSR count). The van der Waals surface area contributed by atoms with Crippen LogP contribution in [-0.4, -0.2) is 13.0 Å². The third-order valence-electron chi connectivity index (χ3n) is 3.28. The van der Waals surface area contributed by atoms with Crippen LogP contribution in [0.25, 0.3) is 0 Å². The second-order valence-electron chi connectivity index (χ2n) is 4.87. The molecule has 0 radical (unpaired) electrons. The lowest BCUT2D eigenvalue weighted by Crippen LogP contribution is -2.22. The fourth-order valence-corrected chi connectivity index (χ4v) is 2.12. The first-order valence-electron chi connectivity index (χ1n) is 7.10. The van der Waals surface area contributed by atoms with Crippen LogP contribution in [0, 0.1) is 5.92 Å². The quantitative estimate of drug-likeness (QED) is 0.770. The van der Waals surface area contributed by atoms with Gasteiger partial charge in [-0.05, 0) is 30.5 Å². The number of carbonyl (C=O) groups is 1. The normalized spacial score (nSPS) is 12.2. The summed E-state index contributed by atoms with van der Waals surface area (Å²) in [5, 5.41) is 3.01. The van der Waals surface area contributed by atoms with Gasteiger partial charge in [0.25, 0.3) is 0 Å². The number of nitrogens with one attached hydrogen (secondary N) is 1. The number of anilines is 1. The lowest BCUT2D eigenvalue weighted by atomic mass is 9.98. The smallest absolute Gasteiger partial charge is 0.227 e. The molecule has 0 aliphatic heterocycles. The van der Waals surface area contributed by atoms with Gasteiger partial charge in [0, 0.05) is 18.7 Å². The summed E-state index contributed by atoms with van der Waals surface area (Å²) in [6.07, 6.45) is 4.10. The summed E-state index contributed by atoms with van der Waals surface area (Å²) >= 11 is 0. The summed E-state index contributed by atoms with van der Waals surface area (Å²) in [5.74, 6) is 0.247. The molecule has 106 valence electrons. The van der Waals surface area contributed by atoms with Gasteiger partial charge < -0.3 is 10.1 Å². The second kappa shape index (κ2) is 8.70. The summed E-state index contributed by atoms with van der Waals surface area (Å²) in [4.78, 5) is 12.2. The van der Waals surface area contributed by atoms with Crippen molar-refractivity contribution in [1.29, 1.82) is 0 Å². The van der Waals surface area contributed by atoms with Crippen molar-refractivity contribution in [3.8, 4) is 0 Å². The average molecular weight is 263 g/mol. The molecule has 1 amide bonds. The Balaban J connectivity index is 2.61. The first kappa shape index (κ1) is 15.7. The molecule has 3 heteroatoms. The maximum atomic E-state index is 12.2. The Morgan fingerprint density at radius 2 is 2.16 bits per heavy atom. The molecule has 0 bridgehead atoms. The van der Waals surface area contributed by atoms with Crippen LogP contribution >= 0.6 is 0 Å². The molecule has 3 nitrogen and oxygen atoms in total. The molecule has 0 aliphatic rings. The van der Waals surface area contributed by atoms with E-state index in [0.29, 0.717) is 6.61 Å². The van der Waals surface area contributed by atoms with Crippen LogP contribution in [-0.2, 0) is 16.1 Å². The molecule has 0 fully saturated rings. The van der Waals surface area contributed by atoms with Crippen molar-refractivity contribution >= 4 is 11.6 Å². The van der Waals surface area contributed by atoms with Crippen LogP contribution in [0.3, 0.4) is 0 Å². The summed E-state index contributed by atoms with van der Waals surface area (Å²) in [5.41, 5.74) is 1.93. The Morgan fingerprint density at radius 1 is 1.37 bits per heavy atom. The van der Waals surface area contributed by atoms with E-state index in [1.807, 2.05) is 24.3 Å². The number of rotatable bonds is 8. The van der Waals surface area contributed by atoms with Crippen molar-refractivity contribution in [2.24, 2.45) is 5.92 Å². The fraction of sp³-hybridized carbons (Fsp3) is 0.562. The number of carbonyl (C=O) groups excluding carboxylic acids is 1. The largest absolute Gasteiger partial charge is 0.380 e. The van der Waals surface area contributed by atoms with Crippen LogP contribution in [0.4, 0.5) is 5.69 Å². The van der Waals surface area contributed by atoms with Crippen LogP contribution < -0.4 is 5.32 Å². The van der Waals surface area contributed by atoms with Crippen molar-refractivity contribution in [2.45, 2.75) is 46.1 Å². The Hall–Kier alpha value is -1.35. The maximum Gasteiger partial charge on any atom is 0.227 e. The number of ether oxygens (including phenoxy) is 1. The second-order valence-corrected chi connectivity index (χ2v) is 4.87. The molecule has 1 atom stereocenters. The van der Waals surface area contributed by atoms with Gasteiger partial charge in [-0.3, -0.25) is 4.79 Å². The monoisotopic (exact) mass is 263 g/mol. The topological polar surface area (TPSA) is 38.3 Å². The standard InChI is InChI=1S/C16H25NO2/c1-4-6-9-14(5-2)16(18)17-15-10-7-8-13(11-15)12-19-3/h7-8,10-11,14H,4-6,9,12H2,1-3H3,(H,17,18). The molecule has 1 unspecified atom stereocenters. The zero-order valence-corrected chi connectivity index (χ0v) is 12.2. The summed E-state index contributed by atoms with van der Waals surface area (Å²) < 4.78 is 5.10. The molecule has 1 aromatic rings. The summed E-state index contributed by atoms with van der Waals surface area (Å²) in [6.45, 7) is 4.79. The predicted octanol–water partition coefficient (Wildman–Crippen LogP) is 3.99. The lowest BCUT2D eigenvalue weighted by molar-refractivity contribution is -0.120. The van der Waals surface area contributed by atoms with Gasteiger partial charge in [0.15, 0.2) is 0 Å². The molecule has 0 aliphatic carbocycles. The zero-order chi connectivity index (χ0) is 14.1. The molecule has 19 heavy (non-hydrogen) atoms. The Labute approximate surface area is 116 Å². The highest BCUT2D eigenvalue weighted by atomic mass is 16.5. The van der Waals surface area contributed by atoms with Crippen molar-refractivity contribution in [2.75, 3.05) is 12.4 Å².